The number of hydrogen-bond donors (Lipinski definition) is 2. The molecule has 2 atom stereocenters. The summed E-state index contributed by atoms with van der Waals surface area (Å²) in [6, 6.07) is 9.68. The Morgan fingerprint density at radius 3 is 2.63 bits per heavy atom. The fourth-order valence-electron chi connectivity index (χ4n) is 2.56. The summed E-state index contributed by atoms with van der Waals surface area (Å²) in [6.07, 6.45) is -0.888. The highest BCUT2D eigenvalue weighted by molar-refractivity contribution is 5.82. The lowest BCUT2D eigenvalue weighted by atomic mass is 10.0. The third kappa shape index (κ3) is 2.86. The largest absolute Gasteiger partial charge is 0.465 e. The third-order valence-corrected chi connectivity index (χ3v) is 3.54. The molecule has 2 N–H and O–H groups in total. The Morgan fingerprint density at radius 1 is 1.42 bits per heavy atom. The SMILES string of the molecule is C[C@H](c1ccccc1)N1C[C@@](C)(NC(=O)O)CC1=O. The molecule has 102 valence electrons. The normalized spacial score (nSPS) is 24.3. The van der Waals surface area contributed by atoms with Gasteiger partial charge in [-0.1, -0.05) is 30.3 Å². The first kappa shape index (κ1) is 13.4. The molecule has 0 aliphatic carbocycles. The molecular weight excluding hydrogens is 244 g/mol. The van der Waals surface area contributed by atoms with Crippen LogP contribution in [0.4, 0.5) is 4.79 Å². The number of hydrogen-bond acceptors (Lipinski definition) is 2. The number of amides is 2. The molecule has 0 radical (unpaired) electrons. The predicted octanol–water partition coefficient (Wildman–Crippen LogP) is 2.01. The second kappa shape index (κ2) is 4.91. The van der Waals surface area contributed by atoms with E-state index in [2.05, 4.69) is 5.32 Å². The van der Waals surface area contributed by atoms with Crippen molar-refractivity contribution in [1.82, 2.24) is 10.2 Å². The number of nitrogens with one attached hydrogen (secondary N) is 1. The molecule has 0 aromatic heterocycles. The summed E-state index contributed by atoms with van der Waals surface area (Å²) < 4.78 is 0. The van der Waals surface area contributed by atoms with E-state index in [0.29, 0.717) is 6.54 Å². The highest BCUT2D eigenvalue weighted by Gasteiger charge is 2.42. The summed E-state index contributed by atoms with van der Waals surface area (Å²) in [7, 11) is 0. The first-order valence-electron chi connectivity index (χ1n) is 6.27. The van der Waals surface area contributed by atoms with Crippen molar-refractivity contribution in [1.29, 1.82) is 0 Å². The summed E-state index contributed by atoms with van der Waals surface area (Å²) in [5.74, 6) is -0.0207. The van der Waals surface area contributed by atoms with Crippen molar-refractivity contribution in [2.24, 2.45) is 0 Å². The molecule has 1 aliphatic rings. The van der Waals surface area contributed by atoms with Crippen LogP contribution >= 0.6 is 0 Å². The standard InChI is InChI=1S/C14H18N2O3/c1-10(11-6-4-3-5-7-11)16-9-14(2,8-12(16)17)15-13(18)19/h3-7,10,15H,8-9H2,1-2H3,(H,18,19)/t10-,14+/m1/s1. The van der Waals surface area contributed by atoms with Gasteiger partial charge in [0.05, 0.1) is 18.0 Å². The van der Waals surface area contributed by atoms with Gasteiger partial charge in [0.25, 0.3) is 0 Å². The van der Waals surface area contributed by atoms with E-state index >= 15 is 0 Å². The fraction of sp³-hybridized carbons (Fsp3) is 0.429. The van der Waals surface area contributed by atoms with E-state index in [9.17, 15) is 9.59 Å². The van der Waals surface area contributed by atoms with Crippen molar-refractivity contribution in [3.63, 3.8) is 0 Å². The molecular formula is C14H18N2O3. The molecule has 0 saturated carbocycles. The van der Waals surface area contributed by atoms with Gasteiger partial charge in [-0.2, -0.15) is 0 Å². The lowest BCUT2D eigenvalue weighted by molar-refractivity contribution is -0.129. The van der Waals surface area contributed by atoms with Crippen LogP contribution in [0, 0.1) is 0 Å². The van der Waals surface area contributed by atoms with E-state index < -0.39 is 11.6 Å². The van der Waals surface area contributed by atoms with Gasteiger partial charge < -0.3 is 15.3 Å². The molecule has 1 heterocycles. The van der Waals surface area contributed by atoms with Crippen LogP contribution in [0.25, 0.3) is 0 Å². The minimum absolute atomic E-state index is 0.0207. The topological polar surface area (TPSA) is 69.6 Å². The van der Waals surface area contributed by atoms with Crippen molar-refractivity contribution in [2.45, 2.75) is 31.8 Å². The average Bonchev–Trinajstić information content (AvgIpc) is 2.63. The summed E-state index contributed by atoms with van der Waals surface area (Å²) in [4.78, 5) is 24.6. The zero-order chi connectivity index (χ0) is 14.0. The van der Waals surface area contributed by atoms with E-state index in [4.69, 9.17) is 5.11 Å². The molecule has 0 unspecified atom stereocenters. The van der Waals surface area contributed by atoms with Crippen LogP contribution in [0.5, 0.6) is 0 Å². The van der Waals surface area contributed by atoms with Gasteiger partial charge in [0.15, 0.2) is 0 Å². The Balaban J connectivity index is 2.14. The number of benzene rings is 1. The molecule has 5 nitrogen and oxygen atoms in total. The van der Waals surface area contributed by atoms with Crippen molar-refractivity contribution in [3.8, 4) is 0 Å². The molecule has 0 bridgehead atoms. The molecule has 1 aliphatic heterocycles. The van der Waals surface area contributed by atoms with Gasteiger partial charge in [-0.05, 0) is 19.4 Å². The van der Waals surface area contributed by atoms with Crippen molar-refractivity contribution >= 4 is 12.0 Å². The predicted molar refractivity (Wildman–Crippen MR) is 70.8 cm³/mol. The number of carboxylic acid groups (broad SMARTS) is 1. The Labute approximate surface area is 112 Å². The highest BCUT2D eigenvalue weighted by atomic mass is 16.4. The second-order valence-electron chi connectivity index (χ2n) is 5.28. The Hall–Kier alpha value is -2.04. The van der Waals surface area contributed by atoms with Gasteiger partial charge in [0, 0.05) is 6.54 Å². The molecule has 1 fully saturated rings. The summed E-state index contributed by atoms with van der Waals surface area (Å²) in [6.45, 7) is 4.12. The van der Waals surface area contributed by atoms with Gasteiger partial charge >= 0.3 is 6.09 Å². The monoisotopic (exact) mass is 262 g/mol. The maximum absolute atomic E-state index is 12.1. The molecule has 1 aromatic rings. The number of carbonyl (C=O) groups excluding carboxylic acids is 1. The Morgan fingerprint density at radius 2 is 2.05 bits per heavy atom. The van der Waals surface area contributed by atoms with Crippen LogP contribution in [0.2, 0.25) is 0 Å². The van der Waals surface area contributed by atoms with E-state index in [1.165, 1.54) is 0 Å². The lowest BCUT2D eigenvalue weighted by Gasteiger charge is -2.28. The van der Waals surface area contributed by atoms with E-state index in [0.717, 1.165) is 5.56 Å². The zero-order valence-corrected chi connectivity index (χ0v) is 11.1. The zero-order valence-electron chi connectivity index (χ0n) is 11.1. The van der Waals surface area contributed by atoms with Gasteiger partial charge in [0.2, 0.25) is 5.91 Å². The minimum atomic E-state index is -1.09. The number of carbonyl (C=O) groups is 2. The van der Waals surface area contributed by atoms with Gasteiger partial charge in [-0.25, -0.2) is 4.79 Å². The van der Waals surface area contributed by atoms with Gasteiger partial charge in [0.1, 0.15) is 0 Å². The second-order valence-corrected chi connectivity index (χ2v) is 5.28. The maximum Gasteiger partial charge on any atom is 0.405 e. The van der Waals surface area contributed by atoms with E-state index in [-0.39, 0.29) is 18.4 Å². The van der Waals surface area contributed by atoms with E-state index in [1.807, 2.05) is 37.3 Å². The molecule has 1 saturated heterocycles. The van der Waals surface area contributed by atoms with Crippen LogP contribution in [0.3, 0.4) is 0 Å². The fourth-order valence-corrected chi connectivity index (χ4v) is 2.56. The molecule has 2 amide bonds. The molecule has 19 heavy (non-hydrogen) atoms. The van der Waals surface area contributed by atoms with Crippen LogP contribution in [-0.2, 0) is 4.79 Å². The molecule has 5 heteroatoms. The molecule has 2 rings (SSSR count). The van der Waals surface area contributed by atoms with Crippen LogP contribution in [0.1, 0.15) is 31.9 Å². The summed E-state index contributed by atoms with van der Waals surface area (Å²) in [5.41, 5.74) is 0.349. The Kier molecular flexibility index (Phi) is 3.46. The van der Waals surface area contributed by atoms with Crippen molar-refractivity contribution in [2.75, 3.05) is 6.54 Å². The van der Waals surface area contributed by atoms with E-state index in [1.54, 1.807) is 11.8 Å². The molecule has 1 aromatic carbocycles. The van der Waals surface area contributed by atoms with Crippen molar-refractivity contribution < 1.29 is 14.7 Å². The van der Waals surface area contributed by atoms with Crippen LogP contribution < -0.4 is 5.32 Å². The van der Waals surface area contributed by atoms with Gasteiger partial charge in [-0.3, -0.25) is 4.79 Å². The summed E-state index contributed by atoms with van der Waals surface area (Å²) in [5, 5.41) is 11.3. The first-order valence-corrected chi connectivity index (χ1v) is 6.27. The first-order chi connectivity index (χ1) is 8.91. The number of rotatable bonds is 3. The highest BCUT2D eigenvalue weighted by Crippen LogP contribution is 2.30. The van der Waals surface area contributed by atoms with Crippen LogP contribution in [-0.4, -0.2) is 34.1 Å². The lowest BCUT2D eigenvalue weighted by Crippen LogP contribution is -2.47. The van der Waals surface area contributed by atoms with Crippen LogP contribution in [0.15, 0.2) is 30.3 Å². The quantitative estimate of drug-likeness (QED) is 0.875. The van der Waals surface area contributed by atoms with Gasteiger partial charge in [-0.15, -0.1) is 0 Å². The number of likely N-dealkylation sites (tertiary alicyclic amines) is 1. The Bertz CT molecular complexity index is 489. The maximum atomic E-state index is 12.1. The molecule has 0 spiro atoms. The third-order valence-electron chi connectivity index (χ3n) is 3.54. The number of nitrogens with zero attached hydrogens (tertiary/aromatic N) is 1. The summed E-state index contributed by atoms with van der Waals surface area (Å²) >= 11 is 0. The smallest absolute Gasteiger partial charge is 0.405 e. The average molecular weight is 262 g/mol. The van der Waals surface area contributed by atoms with Crippen molar-refractivity contribution in [3.05, 3.63) is 35.9 Å². The minimum Gasteiger partial charge on any atom is -0.465 e.